The van der Waals surface area contributed by atoms with Crippen LogP contribution in [0.25, 0.3) is 0 Å². The molecule has 0 atom stereocenters. The van der Waals surface area contributed by atoms with Gasteiger partial charge in [0.05, 0.1) is 17.4 Å². The van der Waals surface area contributed by atoms with E-state index >= 15 is 0 Å². The number of anilines is 1. The Kier molecular flexibility index (Phi) is 4.74. The van der Waals surface area contributed by atoms with Crippen LogP contribution in [0.2, 0.25) is 0 Å². The second-order valence-electron chi connectivity index (χ2n) is 4.03. The lowest BCUT2D eigenvalue weighted by atomic mass is 10.2. The topological polar surface area (TPSA) is 52.0 Å². The van der Waals surface area contributed by atoms with Gasteiger partial charge in [-0.05, 0) is 27.0 Å². The number of nitrogens with one attached hydrogen (secondary N) is 1. The molecule has 0 unspecified atom stereocenters. The third-order valence-corrected chi connectivity index (χ3v) is 2.60. The van der Waals surface area contributed by atoms with Crippen LogP contribution in [0.4, 0.5) is 5.69 Å². The van der Waals surface area contributed by atoms with Crippen LogP contribution >= 0.6 is 0 Å². The monoisotopic (exact) mass is 218 g/mol. The van der Waals surface area contributed by atoms with Crippen LogP contribution in [-0.4, -0.2) is 36.1 Å². The van der Waals surface area contributed by atoms with Gasteiger partial charge in [-0.25, -0.2) is 0 Å². The summed E-state index contributed by atoms with van der Waals surface area (Å²) in [7, 11) is 2.08. The Labute approximate surface area is 96.9 Å². The summed E-state index contributed by atoms with van der Waals surface area (Å²) in [5.41, 5.74) is 1.45. The number of likely N-dealkylation sites (N-methyl/N-ethyl adjacent to an activating group) is 1. The maximum Gasteiger partial charge on any atom is 0.101 e. The van der Waals surface area contributed by atoms with Gasteiger partial charge >= 0.3 is 0 Å². The molecule has 0 aliphatic carbocycles. The van der Waals surface area contributed by atoms with E-state index in [4.69, 9.17) is 5.26 Å². The van der Waals surface area contributed by atoms with Gasteiger partial charge < -0.3 is 10.2 Å². The van der Waals surface area contributed by atoms with Crippen molar-refractivity contribution in [3.8, 4) is 6.07 Å². The average Bonchev–Trinajstić information content (AvgIpc) is 2.29. The highest BCUT2D eigenvalue weighted by atomic mass is 15.1. The maximum atomic E-state index is 8.89. The summed E-state index contributed by atoms with van der Waals surface area (Å²) in [6, 6.07) is 4.39. The van der Waals surface area contributed by atoms with E-state index in [0.29, 0.717) is 11.6 Å². The van der Waals surface area contributed by atoms with Crippen molar-refractivity contribution in [1.82, 2.24) is 9.88 Å². The Morgan fingerprint density at radius 3 is 2.94 bits per heavy atom. The van der Waals surface area contributed by atoms with E-state index in [-0.39, 0.29) is 0 Å². The molecule has 0 aliphatic rings. The molecule has 1 N–H and O–H groups in total. The fraction of sp³-hybridized carbons (Fsp3) is 0.500. The molecule has 0 amide bonds. The van der Waals surface area contributed by atoms with Gasteiger partial charge in [-0.2, -0.15) is 5.26 Å². The smallest absolute Gasteiger partial charge is 0.101 e. The lowest BCUT2D eigenvalue weighted by Gasteiger charge is -2.21. The van der Waals surface area contributed by atoms with E-state index in [1.165, 1.54) is 0 Å². The van der Waals surface area contributed by atoms with E-state index in [1.807, 2.05) is 0 Å². The van der Waals surface area contributed by atoms with Gasteiger partial charge in [0.25, 0.3) is 0 Å². The molecule has 0 fully saturated rings. The molecule has 0 aliphatic heterocycles. The SMILES string of the molecule is CC(C)N(C)CCNc1cnccc1C#N. The zero-order chi connectivity index (χ0) is 12.0. The van der Waals surface area contributed by atoms with Crippen LogP contribution in [0.5, 0.6) is 0 Å². The molecular weight excluding hydrogens is 200 g/mol. The van der Waals surface area contributed by atoms with Gasteiger partial charge in [0.1, 0.15) is 6.07 Å². The molecule has 0 aromatic carbocycles. The molecule has 4 heteroatoms. The zero-order valence-electron chi connectivity index (χ0n) is 10.1. The summed E-state index contributed by atoms with van der Waals surface area (Å²) in [6.45, 7) is 6.07. The Morgan fingerprint density at radius 1 is 1.56 bits per heavy atom. The van der Waals surface area contributed by atoms with E-state index in [0.717, 1.165) is 18.8 Å². The van der Waals surface area contributed by atoms with Gasteiger partial charge in [-0.15, -0.1) is 0 Å². The molecule has 0 bridgehead atoms. The van der Waals surface area contributed by atoms with E-state index in [2.05, 4.69) is 42.2 Å². The number of nitrogens with zero attached hydrogens (tertiary/aromatic N) is 3. The largest absolute Gasteiger partial charge is 0.381 e. The lowest BCUT2D eigenvalue weighted by molar-refractivity contribution is 0.284. The minimum absolute atomic E-state index is 0.533. The first-order chi connectivity index (χ1) is 7.65. The fourth-order valence-electron chi connectivity index (χ4n) is 1.26. The predicted molar refractivity (Wildman–Crippen MR) is 65.2 cm³/mol. The minimum Gasteiger partial charge on any atom is -0.381 e. The highest BCUT2D eigenvalue weighted by Crippen LogP contribution is 2.10. The van der Waals surface area contributed by atoms with Crippen molar-refractivity contribution in [2.24, 2.45) is 0 Å². The van der Waals surface area contributed by atoms with Gasteiger partial charge in [0, 0.05) is 25.3 Å². The standard InChI is InChI=1S/C12H18N4/c1-10(2)16(3)7-6-15-12-9-14-5-4-11(12)8-13/h4-5,9-10,15H,6-7H2,1-3H3. The van der Waals surface area contributed by atoms with Crippen molar-refractivity contribution < 1.29 is 0 Å². The Hall–Kier alpha value is -1.60. The minimum atomic E-state index is 0.533. The van der Waals surface area contributed by atoms with E-state index < -0.39 is 0 Å². The quantitative estimate of drug-likeness (QED) is 0.817. The summed E-state index contributed by atoms with van der Waals surface area (Å²) >= 11 is 0. The van der Waals surface area contributed by atoms with Crippen molar-refractivity contribution >= 4 is 5.69 Å². The molecule has 1 rings (SSSR count). The van der Waals surface area contributed by atoms with Gasteiger partial charge in [0.2, 0.25) is 0 Å². The molecule has 1 aromatic rings. The molecule has 16 heavy (non-hydrogen) atoms. The second kappa shape index (κ2) is 6.09. The molecule has 1 aromatic heterocycles. The average molecular weight is 218 g/mol. The molecule has 4 nitrogen and oxygen atoms in total. The van der Waals surface area contributed by atoms with Crippen LogP contribution < -0.4 is 5.32 Å². The fourth-order valence-corrected chi connectivity index (χ4v) is 1.26. The first kappa shape index (κ1) is 12.5. The first-order valence-corrected chi connectivity index (χ1v) is 5.43. The van der Waals surface area contributed by atoms with Gasteiger partial charge in [0.15, 0.2) is 0 Å². The number of rotatable bonds is 5. The Morgan fingerprint density at radius 2 is 2.31 bits per heavy atom. The number of hydrogen-bond donors (Lipinski definition) is 1. The molecule has 0 saturated heterocycles. The van der Waals surface area contributed by atoms with Crippen molar-refractivity contribution in [3.63, 3.8) is 0 Å². The first-order valence-electron chi connectivity index (χ1n) is 5.43. The highest BCUT2D eigenvalue weighted by molar-refractivity contribution is 5.55. The summed E-state index contributed by atoms with van der Waals surface area (Å²) in [5.74, 6) is 0. The number of pyridine rings is 1. The number of aromatic nitrogens is 1. The molecule has 0 radical (unpaired) electrons. The summed E-state index contributed by atoms with van der Waals surface area (Å²) in [6.07, 6.45) is 3.32. The molecule has 86 valence electrons. The predicted octanol–water partition coefficient (Wildman–Crippen LogP) is 1.71. The van der Waals surface area contributed by atoms with Crippen LogP contribution in [0, 0.1) is 11.3 Å². The highest BCUT2D eigenvalue weighted by Gasteiger charge is 2.03. The molecule has 1 heterocycles. The third-order valence-electron chi connectivity index (χ3n) is 2.60. The Bertz CT molecular complexity index is 368. The van der Waals surface area contributed by atoms with Gasteiger partial charge in [-0.3, -0.25) is 4.98 Å². The summed E-state index contributed by atoms with van der Waals surface area (Å²) < 4.78 is 0. The van der Waals surface area contributed by atoms with Crippen molar-refractivity contribution in [1.29, 1.82) is 5.26 Å². The van der Waals surface area contributed by atoms with Crippen LogP contribution in [0.3, 0.4) is 0 Å². The number of nitriles is 1. The molecular formula is C12H18N4. The zero-order valence-corrected chi connectivity index (χ0v) is 10.1. The van der Waals surface area contributed by atoms with Crippen molar-refractivity contribution in [2.45, 2.75) is 19.9 Å². The van der Waals surface area contributed by atoms with Crippen LogP contribution in [0.1, 0.15) is 19.4 Å². The molecule has 0 spiro atoms. The second-order valence-corrected chi connectivity index (χ2v) is 4.03. The maximum absolute atomic E-state index is 8.89. The van der Waals surface area contributed by atoms with E-state index in [1.54, 1.807) is 18.5 Å². The summed E-state index contributed by atoms with van der Waals surface area (Å²) in [4.78, 5) is 6.24. The van der Waals surface area contributed by atoms with Crippen molar-refractivity contribution in [3.05, 3.63) is 24.0 Å². The van der Waals surface area contributed by atoms with Crippen molar-refractivity contribution in [2.75, 3.05) is 25.5 Å². The summed E-state index contributed by atoms with van der Waals surface area (Å²) in [5, 5.41) is 12.1. The van der Waals surface area contributed by atoms with Crippen LogP contribution in [-0.2, 0) is 0 Å². The molecule has 0 saturated carbocycles. The number of hydrogen-bond acceptors (Lipinski definition) is 4. The lowest BCUT2D eigenvalue weighted by Crippen LogP contribution is -2.31. The normalized spacial score (nSPS) is 10.5. The van der Waals surface area contributed by atoms with Gasteiger partial charge in [-0.1, -0.05) is 0 Å². The van der Waals surface area contributed by atoms with Crippen LogP contribution in [0.15, 0.2) is 18.5 Å². The third kappa shape index (κ3) is 3.52. The Balaban J connectivity index is 2.46. The van der Waals surface area contributed by atoms with E-state index in [9.17, 15) is 0 Å².